The van der Waals surface area contributed by atoms with Gasteiger partial charge in [-0.05, 0) is 32.7 Å². The van der Waals surface area contributed by atoms with Crippen LogP contribution in [0.3, 0.4) is 0 Å². The fraction of sp³-hybridized carbons (Fsp3) is 0.846. The quantitative estimate of drug-likeness (QED) is 0.750. The molecule has 102 valence electrons. The molecule has 2 rings (SSSR count). The fourth-order valence-electron chi connectivity index (χ4n) is 2.92. The Kier molecular flexibility index (Phi) is 4.58. The molecule has 2 unspecified atom stereocenters. The summed E-state index contributed by atoms with van der Waals surface area (Å²) in [5.74, 6) is 0.291. The molecule has 2 aliphatic rings. The minimum absolute atomic E-state index is 0.0137. The van der Waals surface area contributed by atoms with Gasteiger partial charge in [-0.15, -0.1) is 0 Å². The smallest absolute Gasteiger partial charge is 0.227 e. The van der Waals surface area contributed by atoms with Gasteiger partial charge in [0.15, 0.2) is 0 Å². The number of carbonyl (C=O) groups excluding carboxylic acids is 2. The van der Waals surface area contributed by atoms with Crippen LogP contribution in [-0.4, -0.2) is 49.4 Å². The van der Waals surface area contributed by atoms with Gasteiger partial charge in [-0.3, -0.25) is 9.59 Å². The lowest BCUT2D eigenvalue weighted by Crippen LogP contribution is -2.52. The van der Waals surface area contributed by atoms with Crippen LogP contribution in [0.1, 0.15) is 32.1 Å². The normalized spacial score (nSPS) is 28.9. The van der Waals surface area contributed by atoms with E-state index in [2.05, 4.69) is 10.6 Å². The van der Waals surface area contributed by atoms with Gasteiger partial charge in [0.2, 0.25) is 11.8 Å². The molecule has 0 aromatic heterocycles. The molecule has 0 spiro atoms. The van der Waals surface area contributed by atoms with E-state index in [4.69, 9.17) is 0 Å². The van der Waals surface area contributed by atoms with Crippen molar-refractivity contribution in [1.82, 2.24) is 15.5 Å². The van der Waals surface area contributed by atoms with Crippen LogP contribution in [0.15, 0.2) is 0 Å². The van der Waals surface area contributed by atoms with Crippen molar-refractivity contribution in [2.24, 2.45) is 5.92 Å². The molecule has 0 aromatic rings. The summed E-state index contributed by atoms with van der Waals surface area (Å²) in [6.45, 7) is 2.25. The minimum Gasteiger partial charge on any atom is -0.355 e. The van der Waals surface area contributed by atoms with E-state index in [-0.39, 0.29) is 17.7 Å². The SMILES string of the molecule is CNCC1CCCCN1C(=O)C1CCC(=O)NC1. The summed E-state index contributed by atoms with van der Waals surface area (Å²) in [7, 11) is 1.93. The number of rotatable bonds is 3. The molecule has 18 heavy (non-hydrogen) atoms. The third-order valence-corrected chi connectivity index (χ3v) is 3.96. The fourth-order valence-corrected chi connectivity index (χ4v) is 2.92. The minimum atomic E-state index is -0.0137. The lowest BCUT2D eigenvalue weighted by Gasteiger charge is -2.38. The second-order valence-corrected chi connectivity index (χ2v) is 5.28. The van der Waals surface area contributed by atoms with Crippen LogP contribution in [0.25, 0.3) is 0 Å². The summed E-state index contributed by atoms with van der Waals surface area (Å²) in [6.07, 6.45) is 4.59. The number of nitrogens with zero attached hydrogens (tertiary/aromatic N) is 1. The number of piperidine rings is 2. The van der Waals surface area contributed by atoms with Gasteiger partial charge in [0.25, 0.3) is 0 Å². The molecule has 5 heteroatoms. The number of likely N-dealkylation sites (N-methyl/N-ethyl adjacent to an activating group) is 1. The van der Waals surface area contributed by atoms with E-state index in [1.807, 2.05) is 11.9 Å². The third kappa shape index (κ3) is 3.02. The molecule has 0 aliphatic carbocycles. The van der Waals surface area contributed by atoms with Crippen molar-refractivity contribution < 1.29 is 9.59 Å². The Labute approximate surface area is 108 Å². The molecule has 2 saturated heterocycles. The summed E-state index contributed by atoms with van der Waals surface area (Å²) in [5, 5.41) is 5.97. The summed E-state index contributed by atoms with van der Waals surface area (Å²) in [5.41, 5.74) is 0. The van der Waals surface area contributed by atoms with E-state index < -0.39 is 0 Å². The Balaban J connectivity index is 1.95. The molecule has 0 radical (unpaired) electrons. The summed E-state index contributed by atoms with van der Waals surface area (Å²) in [4.78, 5) is 25.7. The summed E-state index contributed by atoms with van der Waals surface area (Å²) < 4.78 is 0. The lowest BCUT2D eigenvalue weighted by molar-refractivity contribution is -0.140. The van der Waals surface area contributed by atoms with E-state index in [1.54, 1.807) is 0 Å². The van der Waals surface area contributed by atoms with Crippen molar-refractivity contribution in [3.05, 3.63) is 0 Å². The van der Waals surface area contributed by atoms with Crippen LogP contribution in [0, 0.1) is 5.92 Å². The Bertz CT molecular complexity index is 307. The van der Waals surface area contributed by atoms with E-state index in [1.165, 1.54) is 6.42 Å². The van der Waals surface area contributed by atoms with E-state index in [9.17, 15) is 9.59 Å². The van der Waals surface area contributed by atoms with Gasteiger partial charge < -0.3 is 15.5 Å². The molecular formula is C13H23N3O2. The van der Waals surface area contributed by atoms with E-state index >= 15 is 0 Å². The molecule has 2 aliphatic heterocycles. The molecule has 2 fully saturated rings. The molecule has 0 saturated carbocycles. The second kappa shape index (κ2) is 6.18. The Morgan fingerprint density at radius 1 is 1.44 bits per heavy atom. The first-order valence-electron chi connectivity index (χ1n) is 6.94. The highest BCUT2D eigenvalue weighted by molar-refractivity contribution is 5.84. The average Bonchev–Trinajstić information content (AvgIpc) is 2.40. The molecule has 0 aromatic carbocycles. The third-order valence-electron chi connectivity index (χ3n) is 3.96. The number of amides is 2. The highest BCUT2D eigenvalue weighted by Gasteiger charge is 2.32. The molecular weight excluding hydrogens is 230 g/mol. The molecule has 2 atom stereocenters. The first-order chi connectivity index (χ1) is 8.72. The number of carbonyl (C=O) groups is 2. The predicted octanol–water partition coefficient (Wildman–Crippen LogP) is 0.113. The molecule has 2 amide bonds. The van der Waals surface area contributed by atoms with Crippen molar-refractivity contribution in [1.29, 1.82) is 0 Å². The number of likely N-dealkylation sites (tertiary alicyclic amines) is 1. The van der Waals surface area contributed by atoms with Gasteiger partial charge in [0, 0.05) is 32.1 Å². The standard InChI is InChI=1S/C13H23N3O2/c1-14-9-11-4-2-3-7-16(11)13(18)10-5-6-12(17)15-8-10/h10-11,14H,2-9H2,1H3,(H,15,17). The zero-order valence-corrected chi connectivity index (χ0v) is 11.1. The van der Waals surface area contributed by atoms with Crippen molar-refractivity contribution in [3.63, 3.8) is 0 Å². The van der Waals surface area contributed by atoms with Gasteiger partial charge >= 0.3 is 0 Å². The van der Waals surface area contributed by atoms with E-state index in [0.717, 1.165) is 25.9 Å². The maximum absolute atomic E-state index is 12.5. The summed E-state index contributed by atoms with van der Waals surface area (Å²) >= 11 is 0. The van der Waals surface area contributed by atoms with Gasteiger partial charge in [-0.25, -0.2) is 0 Å². The average molecular weight is 253 g/mol. The first kappa shape index (κ1) is 13.3. The number of nitrogens with one attached hydrogen (secondary N) is 2. The zero-order valence-electron chi connectivity index (χ0n) is 11.1. The van der Waals surface area contributed by atoms with E-state index in [0.29, 0.717) is 25.4 Å². The van der Waals surface area contributed by atoms with Crippen LogP contribution in [0.4, 0.5) is 0 Å². The second-order valence-electron chi connectivity index (χ2n) is 5.28. The number of hydrogen-bond acceptors (Lipinski definition) is 3. The Hall–Kier alpha value is -1.10. The number of hydrogen-bond donors (Lipinski definition) is 2. The highest BCUT2D eigenvalue weighted by Crippen LogP contribution is 2.21. The van der Waals surface area contributed by atoms with Crippen LogP contribution >= 0.6 is 0 Å². The molecule has 5 nitrogen and oxygen atoms in total. The first-order valence-corrected chi connectivity index (χ1v) is 6.94. The van der Waals surface area contributed by atoms with Crippen LogP contribution < -0.4 is 10.6 Å². The molecule has 2 heterocycles. The van der Waals surface area contributed by atoms with Crippen LogP contribution in [-0.2, 0) is 9.59 Å². The van der Waals surface area contributed by atoms with Gasteiger partial charge in [-0.1, -0.05) is 0 Å². The molecule has 2 N–H and O–H groups in total. The van der Waals surface area contributed by atoms with Gasteiger partial charge in [-0.2, -0.15) is 0 Å². The van der Waals surface area contributed by atoms with Crippen LogP contribution in [0.5, 0.6) is 0 Å². The van der Waals surface area contributed by atoms with Crippen molar-refractivity contribution in [3.8, 4) is 0 Å². The zero-order chi connectivity index (χ0) is 13.0. The maximum atomic E-state index is 12.5. The largest absolute Gasteiger partial charge is 0.355 e. The summed E-state index contributed by atoms with van der Waals surface area (Å²) in [6, 6.07) is 0.328. The lowest BCUT2D eigenvalue weighted by atomic mass is 9.94. The van der Waals surface area contributed by atoms with Crippen LogP contribution in [0.2, 0.25) is 0 Å². The molecule has 0 bridgehead atoms. The van der Waals surface area contributed by atoms with Gasteiger partial charge in [0.05, 0.1) is 5.92 Å². The topological polar surface area (TPSA) is 61.4 Å². The van der Waals surface area contributed by atoms with Crippen molar-refractivity contribution in [2.75, 3.05) is 26.7 Å². The maximum Gasteiger partial charge on any atom is 0.227 e. The monoisotopic (exact) mass is 253 g/mol. The Morgan fingerprint density at radius 2 is 2.28 bits per heavy atom. The van der Waals surface area contributed by atoms with Gasteiger partial charge in [0.1, 0.15) is 0 Å². The Morgan fingerprint density at radius 3 is 2.94 bits per heavy atom. The van der Waals surface area contributed by atoms with Crippen molar-refractivity contribution in [2.45, 2.75) is 38.1 Å². The predicted molar refractivity (Wildman–Crippen MR) is 69.0 cm³/mol. The highest BCUT2D eigenvalue weighted by atomic mass is 16.2. The van der Waals surface area contributed by atoms with Crippen molar-refractivity contribution >= 4 is 11.8 Å².